The van der Waals surface area contributed by atoms with Gasteiger partial charge in [-0.15, -0.1) is 0 Å². The summed E-state index contributed by atoms with van der Waals surface area (Å²) in [6.45, 7) is 0.782. The summed E-state index contributed by atoms with van der Waals surface area (Å²) in [5, 5.41) is 4.79. The number of sulfonamides is 1. The first-order valence-corrected chi connectivity index (χ1v) is 8.68. The summed E-state index contributed by atoms with van der Waals surface area (Å²) in [7, 11) is -3.92. The fraction of sp³-hybridized carbons (Fsp3) is 0.125. The van der Waals surface area contributed by atoms with Crippen molar-refractivity contribution in [2.24, 2.45) is 0 Å². The monoisotopic (exact) mass is 365 g/mol. The van der Waals surface area contributed by atoms with Gasteiger partial charge in [0.1, 0.15) is 5.82 Å². The van der Waals surface area contributed by atoms with Crippen LogP contribution in [0, 0.1) is 5.82 Å². The van der Waals surface area contributed by atoms with Gasteiger partial charge in [0.15, 0.2) is 0 Å². The summed E-state index contributed by atoms with van der Waals surface area (Å²) >= 11 is 0. The van der Waals surface area contributed by atoms with Gasteiger partial charge in [-0.05, 0) is 36.4 Å². The van der Waals surface area contributed by atoms with Crippen LogP contribution in [0.4, 0.5) is 15.8 Å². The van der Waals surface area contributed by atoms with Gasteiger partial charge in [-0.2, -0.15) is 0 Å². The Morgan fingerprint density at radius 2 is 1.64 bits per heavy atom. The molecule has 7 nitrogen and oxygen atoms in total. The molecule has 0 aliphatic heterocycles. The zero-order chi connectivity index (χ0) is 18.4. The maximum absolute atomic E-state index is 13.4. The number of para-hydroxylation sites is 1. The zero-order valence-electron chi connectivity index (χ0n) is 13.2. The topological polar surface area (TPSA) is 104 Å². The van der Waals surface area contributed by atoms with E-state index in [4.69, 9.17) is 0 Å². The molecule has 2 amide bonds. The Kier molecular flexibility index (Phi) is 5.84. The number of halogens is 1. The molecule has 25 heavy (non-hydrogen) atoms. The Morgan fingerprint density at radius 3 is 2.24 bits per heavy atom. The molecule has 132 valence electrons. The molecule has 0 radical (unpaired) electrons. The molecular weight excluding hydrogens is 349 g/mol. The molecular formula is C16H16FN3O4S. The number of hydrogen-bond acceptors (Lipinski definition) is 4. The highest BCUT2D eigenvalue weighted by atomic mass is 32.2. The first-order valence-electron chi connectivity index (χ1n) is 7.19. The highest BCUT2D eigenvalue weighted by Crippen LogP contribution is 2.14. The Morgan fingerprint density at radius 1 is 1.00 bits per heavy atom. The smallest absolute Gasteiger partial charge is 0.241 e. The third-order valence-corrected chi connectivity index (χ3v) is 4.47. The lowest BCUT2D eigenvalue weighted by atomic mass is 10.3. The Labute approximate surface area is 144 Å². The van der Waals surface area contributed by atoms with Crippen LogP contribution < -0.4 is 15.4 Å². The second-order valence-electron chi connectivity index (χ2n) is 5.06. The van der Waals surface area contributed by atoms with Crippen molar-refractivity contribution in [2.75, 3.05) is 17.2 Å². The number of carbonyl (C=O) groups is 2. The van der Waals surface area contributed by atoms with Crippen molar-refractivity contribution in [3.05, 3.63) is 54.3 Å². The summed E-state index contributed by atoms with van der Waals surface area (Å²) in [6.07, 6.45) is 0. The van der Waals surface area contributed by atoms with Crippen molar-refractivity contribution >= 4 is 33.2 Å². The molecule has 2 rings (SSSR count). The summed E-state index contributed by atoms with van der Waals surface area (Å²) in [6, 6.07) is 11.0. The lowest BCUT2D eigenvalue weighted by Crippen LogP contribution is -2.33. The maximum atomic E-state index is 13.4. The second-order valence-corrected chi connectivity index (χ2v) is 6.83. The molecule has 0 spiro atoms. The molecule has 2 aromatic rings. The van der Waals surface area contributed by atoms with Crippen LogP contribution in [0.3, 0.4) is 0 Å². The molecule has 0 bridgehead atoms. The van der Waals surface area contributed by atoms with Gasteiger partial charge in [-0.1, -0.05) is 12.1 Å². The fourth-order valence-corrected chi connectivity index (χ4v) is 2.90. The van der Waals surface area contributed by atoms with Crippen molar-refractivity contribution in [1.29, 1.82) is 0 Å². The van der Waals surface area contributed by atoms with Crippen LogP contribution in [0.25, 0.3) is 0 Å². The molecule has 0 aliphatic rings. The molecule has 9 heteroatoms. The molecule has 0 heterocycles. The fourth-order valence-electron chi connectivity index (χ4n) is 1.92. The predicted octanol–water partition coefficient (Wildman–Crippen LogP) is 1.70. The average Bonchev–Trinajstić information content (AvgIpc) is 2.55. The van der Waals surface area contributed by atoms with E-state index in [2.05, 4.69) is 15.4 Å². The number of nitrogens with one attached hydrogen (secondary N) is 3. The van der Waals surface area contributed by atoms with Crippen molar-refractivity contribution in [3.63, 3.8) is 0 Å². The molecule has 0 aromatic heterocycles. The first kappa shape index (κ1) is 18.6. The summed E-state index contributed by atoms with van der Waals surface area (Å²) in [5.74, 6) is -1.60. The predicted molar refractivity (Wildman–Crippen MR) is 91.0 cm³/mol. The number of rotatable bonds is 6. The van der Waals surface area contributed by atoms with Crippen LogP contribution in [-0.4, -0.2) is 26.8 Å². The summed E-state index contributed by atoms with van der Waals surface area (Å²) in [5.41, 5.74) is 0.412. The minimum atomic E-state index is -3.92. The molecule has 0 saturated heterocycles. The van der Waals surface area contributed by atoms with Crippen LogP contribution in [0.2, 0.25) is 0 Å². The lowest BCUT2D eigenvalue weighted by Gasteiger charge is -2.09. The number of anilines is 2. The van der Waals surface area contributed by atoms with Crippen LogP contribution >= 0.6 is 0 Å². The number of hydrogen-bond donors (Lipinski definition) is 3. The van der Waals surface area contributed by atoms with Crippen molar-refractivity contribution in [3.8, 4) is 0 Å². The molecule has 3 N–H and O–H groups in total. The molecule has 2 aromatic carbocycles. The standard InChI is InChI=1S/C16H16FN3O4S/c1-11(21)19-12-6-8-13(9-7-12)25(23,24)18-10-16(22)20-15-5-3-2-4-14(15)17/h2-9,18H,10H2,1H3,(H,19,21)(H,20,22). The van der Waals surface area contributed by atoms with E-state index in [0.29, 0.717) is 5.69 Å². The summed E-state index contributed by atoms with van der Waals surface area (Å²) < 4.78 is 39.8. The molecule has 0 atom stereocenters. The first-order chi connectivity index (χ1) is 11.8. The quantitative estimate of drug-likeness (QED) is 0.725. The van der Waals surface area contributed by atoms with Gasteiger partial charge in [0.2, 0.25) is 21.8 Å². The minimum Gasteiger partial charge on any atom is -0.326 e. The van der Waals surface area contributed by atoms with Crippen LogP contribution in [-0.2, 0) is 19.6 Å². The van der Waals surface area contributed by atoms with E-state index in [1.165, 1.54) is 49.4 Å². The highest BCUT2D eigenvalue weighted by Gasteiger charge is 2.16. The van der Waals surface area contributed by atoms with Crippen LogP contribution in [0.1, 0.15) is 6.92 Å². The van der Waals surface area contributed by atoms with Crippen molar-refractivity contribution in [2.45, 2.75) is 11.8 Å². The molecule has 0 saturated carbocycles. The van der Waals surface area contributed by atoms with Gasteiger partial charge in [0.25, 0.3) is 0 Å². The third kappa shape index (κ3) is 5.37. The lowest BCUT2D eigenvalue weighted by molar-refractivity contribution is -0.115. The van der Waals surface area contributed by atoms with E-state index in [9.17, 15) is 22.4 Å². The Hall–Kier alpha value is -2.78. The van der Waals surface area contributed by atoms with E-state index in [1.807, 2.05) is 0 Å². The number of benzene rings is 2. The highest BCUT2D eigenvalue weighted by molar-refractivity contribution is 7.89. The van der Waals surface area contributed by atoms with Gasteiger partial charge < -0.3 is 10.6 Å². The largest absolute Gasteiger partial charge is 0.326 e. The SMILES string of the molecule is CC(=O)Nc1ccc(S(=O)(=O)NCC(=O)Nc2ccccc2F)cc1. The van der Waals surface area contributed by atoms with Gasteiger partial charge in [-0.25, -0.2) is 17.5 Å². The minimum absolute atomic E-state index is 0.0358. The molecule has 0 aliphatic carbocycles. The van der Waals surface area contributed by atoms with E-state index in [1.54, 1.807) is 6.07 Å². The van der Waals surface area contributed by atoms with Crippen molar-refractivity contribution < 1.29 is 22.4 Å². The summed E-state index contributed by atoms with van der Waals surface area (Å²) in [4.78, 5) is 22.6. The van der Waals surface area contributed by atoms with Crippen LogP contribution in [0.5, 0.6) is 0 Å². The van der Waals surface area contributed by atoms with E-state index >= 15 is 0 Å². The Balaban J connectivity index is 1.98. The third-order valence-electron chi connectivity index (χ3n) is 3.06. The normalized spacial score (nSPS) is 11.0. The van der Waals surface area contributed by atoms with E-state index in [0.717, 1.165) is 0 Å². The average molecular weight is 365 g/mol. The number of carbonyl (C=O) groups excluding carboxylic acids is 2. The second kappa shape index (κ2) is 7.86. The van der Waals surface area contributed by atoms with E-state index < -0.39 is 28.3 Å². The van der Waals surface area contributed by atoms with Gasteiger partial charge in [0, 0.05) is 12.6 Å². The van der Waals surface area contributed by atoms with Gasteiger partial charge in [0.05, 0.1) is 17.1 Å². The maximum Gasteiger partial charge on any atom is 0.241 e. The van der Waals surface area contributed by atoms with Gasteiger partial charge >= 0.3 is 0 Å². The van der Waals surface area contributed by atoms with E-state index in [-0.39, 0.29) is 16.5 Å². The molecule has 0 unspecified atom stereocenters. The van der Waals surface area contributed by atoms with Gasteiger partial charge in [-0.3, -0.25) is 9.59 Å². The van der Waals surface area contributed by atoms with Crippen LogP contribution in [0.15, 0.2) is 53.4 Å². The number of amides is 2. The van der Waals surface area contributed by atoms with Crippen molar-refractivity contribution in [1.82, 2.24) is 4.72 Å². The zero-order valence-corrected chi connectivity index (χ0v) is 14.1. The Bertz CT molecular complexity index is 883. The molecule has 0 fully saturated rings.